The quantitative estimate of drug-likeness (QED) is 0.580. The van der Waals surface area contributed by atoms with Gasteiger partial charge in [0.05, 0.1) is 17.2 Å². The van der Waals surface area contributed by atoms with Gasteiger partial charge in [0.2, 0.25) is 0 Å². The van der Waals surface area contributed by atoms with Crippen LogP contribution in [-0.4, -0.2) is 4.98 Å². The minimum Gasteiger partial charge on any atom is -0.271 e. The third kappa shape index (κ3) is 3.89. The van der Waals surface area contributed by atoms with E-state index in [0.717, 1.165) is 18.0 Å². The molecule has 1 aromatic heterocycles. The number of hydrogen-bond donors (Lipinski definition) is 2. The highest BCUT2D eigenvalue weighted by Crippen LogP contribution is 2.25. The van der Waals surface area contributed by atoms with Crippen molar-refractivity contribution in [1.82, 2.24) is 10.4 Å². The molecule has 0 bridgehead atoms. The molecular weight excluding hydrogens is 206 g/mol. The molecule has 1 aromatic rings. The van der Waals surface area contributed by atoms with Crippen LogP contribution in [0.15, 0.2) is 5.51 Å². The number of aryl methyl sites for hydroxylation is 1. The number of hydrazine groups is 1. The molecule has 0 amide bonds. The maximum Gasteiger partial charge on any atom is 0.0798 e. The Morgan fingerprint density at radius 2 is 2.20 bits per heavy atom. The molecule has 3 N–H and O–H groups in total. The normalized spacial score (nSPS) is 13.4. The molecule has 1 unspecified atom stereocenters. The van der Waals surface area contributed by atoms with Crippen LogP contribution in [0.3, 0.4) is 0 Å². The summed E-state index contributed by atoms with van der Waals surface area (Å²) in [6, 6.07) is 0.274. The van der Waals surface area contributed by atoms with E-state index in [4.69, 9.17) is 5.84 Å². The van der Waals surface area contributed by atoms with E-state index in [-0.39, 0.29) is 6.04 Å². The number of aromatic nitrogens is 1. The van der Waals surface area contributed by atoms with Gasteiger partial charge in [-0.1, -0.05) is 26.7 Å². The summed E-state index contributed by atoms with van der Waals surface area (Å²) < 4.78 is 0. The molecule has 0 fully saturated rings. The number of hydrogen-bond acceptors (Lipinski definition) is 4. The Labute approximate surface area is 96.1 Å². The molecule has 0 aliphatic carbocycles. The summed E-state index contributed by atoms with van der Waals surface area (Å²) >= 11 is 1.69. The third-order valence-corrected chi connectivity index (χ3v) is 3.62. The van der Waals surface area contributed by atoms with Crippen molar-refractivity contribution in [2.45, 2.75) is 46.1 Å². The van der Waals surface area contributed by atoms with Crippen molar-refractivity contribution >= 4 is 11.3 Å². The van der Waals surface area contributed by atoms with E-state index in [9.17, 15) is 0 Å². The zero-order chi connectivity index (χ0) is 11.3. The van der Waals surface area contributed by atoms with E-state index < -0.39 is 0 Å². The molecule has 0 saturated heterocycles. The predicted octanol–water partition coefficient (Wildman–Crippen LogP) is 2.78. The molecule has 0 aromatic carbocycles. The predicted molar refractivity (Wildman–Crippen MR) is 65.6 cm³/mol. The van der Waals surface area contributed by atoms with Gasteiger partial charge in [0.1, 0.15) is 0 Å². The molecule has 15 heavy (non-hydrogen) atoms. The van der Waals surface area contributed by atoms with E-state index >= 15 is 0 Å². The molecule has 0 radical (unpaired) electrons. The Morgan fingerprint density at radius 3 is 2.67 bits per heavy atom. The highest BCUT2D eigenvalue weighted by Gasteiger charge is 2.14. The first-order valence-corrected chi connectivity index (χ1v) is 6.39. The van der Waals surface area contributed by atoms with E-state index in [1.54, 1.807) is 11.3 Å². The van der Waals surface area contributed by atoms with Crippen LogP contribution in [0.25, 0.3) is 0 Å². The highest BCUT2D eigenvalue weighted by molar-refractivity contribution is 7.09. The standard InChI is InChI=1S/C11H21N3S/c1-8(2)5-4-6-10(14-12)11-9(3)13-7-15-11/h7-8,10,14H,4-6,12H2,1-3H3. The summed E-state index contributed by atoms with van der Waals surface area (Å²) in [5, 5.41) is 0. The van der Waals surface area contributed by atoms with Crippen LogP contribution in [0.5, 0.6) is 0 Å². The average molecular weight is 227 g/mol. The maximum atomic E-state index is 5.58. The van der Waals surface area contributed by atoms with Crippen LogP contribution in [-0.2, 0) is 0 Å². The fourth-order valence-corrected chi connectivity index (χ4v) is 2.56. The van der Waals surface area contributed by atoms with Crippen molar-refractivity contribution in [2.75, 3.05) is 0 Å². The maximum absolute atomic E-state index is 5.58. The van der Waals surface area contributed by atoms with Gasteiger partial charge in [0, 0.05) is 4.88 Å². The van der Waals surface area contributed by atoms with Crippen LogP contribution >= 0.6 is 11.3 Å². The number of thiazole rings is 1. The minimum absolute atomic E-state index is 0.274. The lowest BCUT2D eigenvalue weighted by Crippen LogP contribution is -2.27. The molecule has 0 aliphatic heterocycles. The van der Waals surface area contributed by atoms with Crippen LogP contribution < -0.4 is 11.3 Å². The second-order valence-corrected chi connectivity index (χ2v) is 5.23. The fraction of sp³-hybridized carbons (Fsp3) is 0.727. The summed E-state index contributed by atoms with van der Waals surface area (Å²) in [5.74, 6) is 6.35. The molecule has 1 heterocycles. The van der Waals surface area contributed by atoms with Crippen molar-refractivity contribution in [3.63, 3.8) is 0 Å². The van der Waals surface area contributed by atoms with Gasteiger partial charge < -0.3 is 0 Å². The van der Waals surface area contributed by atoms with Crippen molar-refractivity contribution in [3.8, 4) is 0 Å². The number of nitrogens with zero attached hydrogens (tertiary/aromatic N) is 1. The summed E-state index contributed by atoms with van der Waals surface area (Å²) in [5.41, 5.74) is 5.88. The number of nitrogens with two attached hydrogens (primary N) is 1. The van der Waals surface area contributed by atoms with Crippen molar-refractivity contribution in [2.24, 2.45) is 11.8 Å². The van der Waals surface area contributed by atoms with E-state index in [2.05, 4.69) is 24.3 Å². The average Bonchev–Trinajstić information content (AvgIpc) is 2.59. The van der Waals surface area contributed by atoms with Gasteiger partial charge in [-0.2, -0.15) is 0 Å². The molecule has 4 heteroatoms. The SMILES string of the molecule is Cc1ncsc1C(CCCC(C)C)NN. The molecule has 1 rings (SSSR count). The lowest BCUT2D eigenvalue weighted by molar-refractivity contribution is 0.458. The van der Waals surface area contributed by atoms with Gasteiger partial charge in [-0.3, -0.25) is 11.3 Å². The van der Waals surface area contributed by atoms with Gasteiger partial charge >= 0.3 is 0 Å². The van der Waals surface area contributed by atoms with Crippen LogP contribution in [0, 0.1) is 12.8 Å². The molecule has 1 atom stereocenters. The first-order valence-electron chi connectivity index (χ1n) is 5.51. The van der Waals surface area contributed by atoms with Crippen molar-refractivity contribution in [1.29, 1.82) is 0 Å². The van der Waals surface area contributed by atoms with Crippen LogP contribution in [0.2, 0.25) is 0 Å². The second kappa shape index (κ2) is 6.20. The van der Waals surface area contributed by atoms with Crippen LogP contribution in [0.4, 0.5) is 0 Å². The lowest BCUT2D eigenvalue weighted by Gasteiger charge is -2.15. The van der Waals surface area contributed by atoms with Gasteiger partial charge in [0.25, 0.3) is 0 Å². The summed E-state index contributed by atoms with van der Waals surface area (Å²) in [6.45, 7) is 6.55. The summed E-state index contributed by atoms with van der Waals surface area (Å²) in [7, 11) is 0. The Kier molecular flexibility index (Phi) is 5.22. The Morgan fingerprint density at radius 1 is 1.47 bits per heavy atom. The molecule has 0 saturated carbocycles. The molecule has 3 nitrogen and oxygen atoms in total. The largest absolute Gasteiger partial charge is 0.271 e. The third-order valence-electron chi connectivity index (χ3n) is 2.57. The topological polar surface area (TPSA) is 50.9 Å². The zero-order valence-electron chi connectivity index (χ0n) is 9.79. The van der Waals surface area contributed by atoms with Crippen LogP contribution in [0.1, 0.15) is 49.7 Å². The number of nitrogens with one attached hydrogen (secondary N) is 1. The Balaban J connectivity index is 2.46. The van der Waals surface area contributed by atoms with Crippen molar-refractivity contribution < 1.29 is 0 Å². The van der Waals surface area contributed by atoms with E-state index in [1.807, 2.05) is 12.4 Å². The van der Waals surface area contributed by atoms with Gasteiger partial charge in [0.15, 0.2) is 0 Å². The summed E-state index contributed by atoms with van der Waals surface area (Å²) in [6.07, 6.45) is 3.57. The summed E-state index contributed by atoms with van der Waals surface area (Å²) in [4.78, 5) is 5.53. The smallest absolute Gasteiger partial charge is 0.0798 e. The Hall–Kier alpha value is -0.450. The molecule has 0 spiro atoms. The first kappa shape index (κ1) is 12.6. The highest BCUT2D eigenvalue weighted by atomic mass is 32.1. The Bertz CT molecular complexity index is 283. The minimum atomic E-state index is 0.274. The zero-order valence-corrected chi connectivity index (χ0v) is 10.6. The lowest BCUT2D eigenvalue weighted by atomic mass is 10.0. The molecule has 86 valence electrons. The second-order valence-electron chi connectivity index (χ2n) is 4.35. The van der Waals surface area contributed by atoms with Gasteiger partial charge in [-0.15, -0.1) is 11.3 Å². The molecular formula is C11H21N3S. The van der Waals surface area contributed by atoms with Gasteiger partial charge in [-0.05, 0) is 19.3 Å². The number of rotatable bonds is 6. The monoisotopic (exact) mass is 227 g/mol. The molecule has 0 aliphatic rings. The van der Waals surface area contributed by atoms with E-state index in [0.29, 0.717) is 0 Å². The fourth-order valence-electron chi connectivity index (χ4n) is 1.67. The van der Waals surface area contributed by atoms with E-state index in [1.165, 1.54) is 17.7 Å². The van der Waals surface area contributed by atoms with Crippen molar-refractivity contribution in [3.05, 3.63) is 16.1 Å². The first-order chi connectivity index (χ1) is 7.15. The van der Waals surface area contributed by atoms with Gasteiger partial charge in [-0.25, -0.2) is 4.98 Å².